The van der Waals surface area contributed by atoms with Gasteiger partial charge in [0, 0.05) is 55.1 Å². The monoisotopic (exact) mass is 873 g/mol. The first-order valence-corrected chi connectivity index (χ1v) is 23.1. The number of fused-ring (bicyclic) bond motifs is 2. The second kappa shape index (κ2) is 16.1. The number of benzene rings is 2. The zero-order valence-corrected chi connectivity index (χ0v) is 38.1. The van der Waals surface area contributed by atoms with Gasteiger partial charge in [0.05, 0.1) is 35.0 Å². The minimum absolute atomic E-state index is 0.0110. The van der Waals surface area contributed by atoms with Crippen LogP contribution in [-0.2, 0) is 33.8 Å². The average Bonchev–Trinajstić information content (AvgIpc) is 3.77. The Labute approximate surface area is 373 Å². The summed E-state index contributed by atoms with van der Waals surface area (Å²) < 4.78 is 15.4. The molecule has 4 fully saturated rings. The van der Waals surface area contributed by atoms with Crippen LogP contribution >= 0.6 is 11.3 Å². The lowest BCUT2D eigenvalue weighted by atomic mass is 9.39. The molecule has 4 saturated carbocycles. The molecule has 2 unspecified atom stereocenters. The van der Waals surface area contributed by atoms with Crippen molar-refractivity contribution in [3.05, 3.63) is 88.9 Å². The van der Waals surface area contributed by atoms with Gasteiger partial charge in [0.1, 0.15) is 11.4 Å². The fourth-order valence-electron chi connectivity index (χ4n) is 12.5. The van der Waals surface area contributed by atoms with Gasteiger partial charge >= 0.3 is 11.9 Å². The topological polar surface area (TPSA) is 161 Å². The molecule has 5 aromatic rings. The van der Waals surface area contributed by atoms with Crippen molar-refractivity contribution in [2.75, 3.05) is 36.5 Å². The number of carboxylic acids is 1. The number of nitrogens with one attached hydrogen (secondary N) is 2. The first kappa shape index (κ1) is 43.1. The highest BCUT2D eigenvalue weighted by Crippen LogP contribution is 2.72. The summed E-state index contributed by atoms with van der Waals surface area (Å²) >= 11 is 1.44. The van der Waals surface area contributed by atoms with Gasteiger partial charge in [0.25, 0.3) is 5.91 Å². The van der Waals surface area contributed by atoms with Crippen molar-refractivity contribution in [2.24, 2.45) is 16.2 Å². The molecule has 3 aromatic heterocycles. The molecule has 5 aliphatic rings. The van der Waals surface area contributed by atoms with Crippen LogP contribution in [-0.4, -0.2) is 80.1 Å². The number of aromatic nitrogens is 4. The molecule has 1 aliphatic heterocycles. The number of carbonyl (C=O) groups excluding carboxylic acids is 2. The van der Waals surface area contributed by atoms with E-state index >= 15 is 0 Å². The molecule has 0 radical (unpaired) electrons. The fraction of sp³-hybridized carbons (Fsp3) is 0.510. The highest BCUT2D eigenvalue weighted by atomic mass is 32.1. The number of esters is 1. The molecular weight excluding hydrogens is 815 g/mol. The normalized spacial score (nSPS) is 25.0. The maximum Gasteiger partial charge on any atom is 0.355 e. The Kier molecular flexibility index (Phi) is 11.0. The van der Waals surface area contributed by atoms with E-state index in [9.17, 15) is 19.5 Å². The molecule has 4 heterocycles. The van der Waals surface area contributed by atoms with E-state index in [1.54, 1.807) is 6.20 Å². The summed E-state index contributed by atoms with van der Waals surface area (Å²) in [5.41, 5.74) is 5.17. The lowest BCUT2D eigenvalue weighted by molar-refractivity contribution is -0.247. The first-order valence-electron chi connectivity index (χ1n) is 22.3. The zero-order valence-electron chi connectivity index (χ0n) is 37.3. The summed E-state index contributed by atoms with van der Waals surface area (Å²) in [6, 6.07) is 17.3. The van der Waals surface area contributed by atoms with Crippen LogP contribution in [0.15, 0.2) is 60.8 Å². The van der Waals surface area contributed by atoms with Gasteiger partial charge < -0.3 is 24.8 Å². The van der Waals surface area contributed by atoms with E-state index in [-0.39, 0.29) is 39.4 Å². The van der Waals surface area contributed by atoms with Crippen LogP contribution in [0.25, 0.3) is 21.3 Å². The van der Waals surface area contributed by atoms with E-state index in [0.29, 0.717) is 67.7 Å². The summed E-state index contributed by atoms with van der Waals surface area (Å²) in [5, 5.41) is 22.4. The van der Waals surface area contributed by atoms with Crippen LogP contribution in [0.3, 0.4) is 0 Å². The van der Waals surface area contributed by atoms with E-state index in [4.69, 9.17) is 19.6 Å². The van der Waals surface area contributed by atoms with Gasteiger partial charge in [-0.05, 0) is 130 Å². The Hall–Kier alpha value is -5.18. The number of anilines is 2. The van der Waals surface area contributed by atoms with Gasteiger partial charge in [-0.25, -0.2) is 14.8 Å². The molecule has 2 atom stereocenters. The van der Waals surface area contributed by atoms with Crippen LogP contribution in [0.1, 0.15) is 117 Å². The molecule has 3 N–H and O–H groups in total. The van der Waals surface area contributed by atoms with Crippen LogP contribution in [0, 0.1) is 23.2 Å². The van der Waals surface area contributed by atoms with E-state index in [1.165, 1.54) is 17.8 Å². The molecule has 13 nitrogen and oxygen atoms in total. The quantitative estimate of drug-likeness (QED) is 0.0723. The molecule has 4 aliphatic carbocycles. The van der Waals surface area contributed by atoms with Crippen molar-refractivity contribution in [1.82, 2.24) is 25.1 Å². The summed E-state index contributed by atoms with van der Waals surface area (Å²) in [7, 11) is 0. The van der Waals surface area contributed by atoms with Crippen molar-refractivity contribution in [3.8, 4) is 11.1 Å². The average molecular weight is 874 g/mol. The standard InChI is InChI=1S/C49H59N7O6S/c1-31-35(22-51-56(31)30-48-25-46(5)24-47(6,26-48)28-49(27-46,29-48)61-21-19-50-18-16-40(57)62-45(2,3)4)33-14-15-39(53-41(33)43(59)60)55-20-17-32-10-9-11-34(36(32)23-55)42(58)54-44-52-37-12-7-8-13-38(37)63-44/h7-15,22,50H,16-21,23-30H2,1-6H3,(H,59,60)(H,52,54,58). The number of carboxylic acid groups (broad SMARTS) is 1. The highest BCUT2D eigenvalue weighted by Gasteiger charge is 2.66. The fourth-order valence-corrected chi connectivity index (χ4v) is 13.3. The van der Waals surface area contributed by atoms with E-state index in [2.05, 4.69) is 39.0 Å². The third kappa shape index (κ3) is 8.86. The van der Waals surface area contributed by atoms with Crippen LogP contribution < -0.4 is 15.5 Å². The number of aromatic carboxylic acids is 1. The summed E-state index contributed by atoms with van der Waals surface area (Å²) in [6.07, 6.45) is 9.24. The number of hydrogen-bond acceptors (Lipinski definition) is 11. The number of para-hydroxylation sites is 1. The Morgan fingerprint density at radius 3 is 2.43 bits per heavy atom. The Bertz CT molecular complexity index is 2540. The molecule has 332 valence electrons. The molecule has 0 spiro atoms. The number of pyridine rings is 1. The van der Waals surface area contributed by atoms with Crippen molar-refractivity contribution in [2.45, 2.75) is 117 Å². The van der Waals surface area contributed by atoms with Gasteiger partial charge in [-0.1, -0.05) is 49.4 Å². The number of hydrogen-bond donors (Lipinski definition) is 3. The number of ether oxygens (including phenoxy) is 2. The van der Waals surface area contributed by atoms with Gasteiger partial charge in [0.2, 0.25) is 0 Å². The van der Waals surface area contributed by atoms with Crippen molar-refractivity contribution in [1.29, 1.82) is 0 Å². The molecule has 10 rings (SSSR count). The first-order chi connectivity index (χ1) is 29.9. The van der Waals surface area contributed by atoms with Crippen LogP contribution in [0.5, 0.6) is 0 Å². The highest BCUT2D eigenvalue weighted by molar-refractivity contribution is 7.22. The van der Waals surface area contributed by atoms with Crippen LogP contribution in [0.2, 0.25) is 0 Å². The Morgan fingerprint density at radius 2 is 1.68 bits per heavy atom. The molecule has 14 heteroatoms. The van der Waals surface area contributed by atoms with Gasteiger partial charge in [0.15, 0.2) is 10.8 Å². The summed E-state index contributed by atoms with van der Waals surface area (Å²) in [6.45, 7) is 16.1. The number of thiazole rings is 1. The summed E-state index contributed by atoms with van der Waals surface area (Å²) in [4.78, 5) is 50.2. The van der Waals surface area contributed by atoms with Crippen molar-refractivity contribution < 1.29 is 29.0 Å². The minimum atomic E-state index is -1.10. The molecular formula is C49H59N7O6S. The number of amides is 1. The third-order valence-electron chi connectivity index (χ3n) is 13.6. The molecule has 2 aromatic carbocycles. The maximum atomic E-state index is 13.7. The maximum absolute atomic E-state index is 13.7. The molecule has 1 amide bonds. The van der Waals surface area contributed by atoms with Gasteiger partial charge in [-0.15, -0.1) is 0 Å². The summed E-state index contributed by atoms with van der Waals surface area (Å²) in [5.74, 6) is -0.983. The van der Waals surface area contributed by atoms with Crippen LogP contribution in [0.4, 0.5) is 10.9 Å². The van der Waals surface area contributed by atoms with Gasteiger partial charge in [-0.3, -0.25) is 19.6 Å². The second-order valence-electron chi connectivity index (χ2n) is 20.5. The Balaban J connectivity index is 0.895. The van der Waals surface area contributed by atoms with Gasteiger partial charge in [-0.2, -0.15) is 5.10 Å². The Morgan fingerprint density at radius 1 is 0.905 bits per heavy atom. The second-order valence-corrected chi connectivity index (χ2v) is 21.6. The predicted molar refractivity (Wildman–Crippen MR) is 244 cm³/mol. The van der Waals surface area contributed by atoms with Crippen molar-refractivity contribution in [3.63, 3.8) is 0 Å². The minimum Gasteiger partial charge on any atom is -0.476 e. The largest absolute Gasteiger partial charge is 0.476 e. The molecule has 63 heavy (non-hydrogen) atoms. The third-order valence-corrected chi connectivity index (χ3v) is 14.5. The lowest BCUT2D eigenvalue weighted by Crippen LogP contribution is -2.64. The predicted octanol–water partition coefficient (Wildman–Crippen LogP) is 8.83. The smallest absolute Gasteiger partial charge is 0.355 e. The molecule has 0 saturated heterocycles. The number of rotatable bonds is 14. The SMILES string of the molecule is Cc1c(-c2ccc(N3CCc4cccc(C(=O)Nc5nc6ccccc6s5)c4C3)nc2C(=O)O)cnn1CC12CC3(C)CC(C)(C1)CC(OCCNCCC(=O)OC(C)(C)C)(C3)C2. The number of nitrogens with zero attached hydrogens (tertiary/aromatic N) is 5. The number of carbonyl (C=O) groups is 3. The molecule has 4 bridgehead atoms. The van der Waals surface area contributed by atoms with E-state index in [0.717, 1.165) is 71.2 Å². The lowest BCUT2D eigenvalue weighted by Gasteiger charge is -2.69. The van der Waals surface area contributed by atoms with Crippen molar-refractivity contribution >= 4 is 50.3 Å². The van der Waals surface area contributed by atoms with E-state index < -0.39 is 11.6 Å². The van der Waals surface area contributed by atoms with E-state index in [1.807, 2.05) is 82.3 Å². The zero-order chi connectivity index (χ0) is 44.4.